The number of rotatable bonds is 5. The highest BCUT2D eigenvalue weighted by Gasteiger charge is 2.21. The van der Waals surface area contributed by atoms with E-state index in [9.17, 15) is 14.4 Å². The van der Waals surface area contributed by atoms with Crippen LogP contribution in [-0.4, -0.2) is 20.8 Å². The highest BCUT2D eigenvalue weighted by atomic mass is 35.5. The number of hydrogen-bond donors (Lipinski definition) is 1. The number of anilines is 1. The van der Waals surface area contributed by atoms with Gasteiger partial charge in [0.2, 0.25) is 0 Å². The van der Waals surface area contributed by atoms with Crippen molar-refractivity contribution < 1.29 is 4.79 Å². The number of hydrogen-bond acceptors (Lipinski definition) is 4. The predicted octanol–water partition coefficient (Wildman–Crippen LogP) is 1.08. The van der Waals surface area contributed by atoms with E-state index in [0.29, 0.717) is 0 Å². The van der Waals surface area contributed by atoms with Gasteiger partial charge in [-0.2, -0.15) is 0 Å². The SMILES string of the molecule is CCn1c(=O)c(C(=O)CCl)c(N)n(Cc2ccccc2)c1=O. The summed E-state index contributed by atoms with van der Waals surface area (Å²) in [6.07, 6.45) is 0. The molecule has 0 saturated heterocycles. The second kappa shape index (κ2) is 6.62. The van der Waals surface area contributed by atoms with Crippen LogP contribution in [0.25, 0.3) is 0 Å². The summed E-state index contributed by atoms with van der Waals surface area (Å²) in [7, 11) is 0. The van der Waals surface area contributed by atoms with Crippen LogP contribution in [0.5, 0.6) is 0 Å². The van der Waals surface area contributed by atoms with Crippen LogP contribution in [0.3, 0.4) is 0 Å². The third kappa shape index (κ3) is 2.82. The van der Waals surface area contributed by atoms with E-state index < -0.39 is 17.0 Å². The van der Waals surface area contributed by atoms with Crippen LogP contribution in [0.1, 0.15) is 22.8 Å². The van der Waals surface area contributed by atoms with Gasteiger partial charge in [-0.15, -0.1) is 11.6 Å². The molecule has 22 heavy (non-hydrogen) atoms. The molecule has 1 aromatic heterocycles. The number of ketones is 1. The summed E-state index contributed by atoms with van der Waals surface area (Å²) in [6, 6.07) is 9.17. The topological polar surface area (TPSA) is 87.1 Å². The molecule has 7 heteroatoms. The molecule has 1 heterocycles. The van der Waals surface area contributed by atoms with Gasteiger partial charge in [-0.3, -0.25) is 18.7 Å². The molecular weight excluding hydrogens is 306 g/mol. The average Bonchev–Trinajstić information content (AvgIpc) is 2.52. The lowest BCUT2D eigenvalue weighted by atomic mass is 10.2. The third-order valence-corrected chi connectivity index (χ3v) is 3.61. The van der Waals surface area contributed by atoms with E-state index in [2.05, 4.69) is 0 Å². The molecule has 0 spiro atoms. The summed E-state index contributed by atoms with van der Waals surface area (Å²) in [6.45, 7) is 1.98. The molecule has 1 aromatic carbocycles. The lowest BCUT2D eigenvalue weighted by Crippen LogP contribution is -2.44. The summed E-state index contributed by atoms with van der Waals surface area (Å²) in [5.41, 5.74) is 5.27. The predicted molar refractivity (Wildman–Crippen MR) is 85.6 cm³/mol. The van der Waals surface area contributed by atoms with Crippen molar-refractivity contribution >= 4 is 23.2 Å². The first-order chi connectivity index (χ1) is 10.5. The van der Waals surface area contributed by atoms with Gasteiger partial charge in [-0.05, 0) is 12.5 Å². The molecule has 0 radical (unpaired) electrons. The molecule has 0 aliphatic rings. The molecular formula is C15H16ClN3O3. The van der Waals surface area contributed by atoms with Gasteiger partial charge < -0.3 is 5.73 Å². The Morgan fingerprint density at radius 3 is 2.36 bits per heavy atom. The number of nitrogens with two attached hydrogens (primary N) is 1. The largest absolute Gasteiger partial charge is 0.384 e. The van der Waals surface area contributed by atoms with E-state index in [1.165, 1.54) is 4.57 Å². The molecule has 116 valence electrons. The van der Waals surface area contributed by atoms with Crippen LogP contribution in [0.4, 0.5) is 5.82 Å². The van der Waals surface area contributed by atoms with E-state index in [0.717, 1.165) is 10.1 Å². The van der Waals surface area contributed by atoms with Crippen molar-refractivity contribution in [2.75, 3.05) is 11.6 Å². The Hall–Kier alpha value is -2.34. The quantitative estimate of drug-likeness (QED) is 0.659. The van der Waals surface area contributed by atoms with Crippen molar-refractivity contribution in [3.63, 3.8) is 0 Å². The standard InChI is InChI=1S/C15H16ClN3O3/c1-2-18-14(21)12(11(20)8-16)13(17)19(15(18)22)9-10-6-4-3-5-7-10/h3-7H,2,8-9,17H2,1H3. The molecule has 0 aliphatic carbocycles. The monoisotopic (exact) mass is 321 g/mol. The van der Waals surface area contributed by atoms with Crippen LogP contribution in [0.15, 0.2) is 39.9 Å². The van der Waals surface area contributed by atoms with Gasteiger partial charge in [-0.1, -0.05) is 30.3 Å². The molecule has 0 fully saturated rings. The number of alkyl halides is 1. The molecule has 0 saturated carbocycles. The first-order valence-electron chi connectivity index (χ1n) is 6.77. The summed E-state index contributed by atoms with van der Waals surface area (Å²) >= 11 is 5.54. The van der Waals surface area contributed by atoms with E-state index in [1.54, 1.807) is 6.92 Å². The number of carbonyl (C=O) groups excluding carboxylic acids is 1. The summed E-state index contributed by atoms with van der Waals surface area (Å²) < 4.78 is 2.21. The lowest BCUT2D eigenvalue weighted by Gasteiger charge is -2.15. The fourth-order valence-electron chi connectivity index (χ4n) is 2.24. The van der Waals surface area contributed by atoms with Gasteiger partial charge in [0, 0.05) is 6.54 Å². The van der Waals surface area contributed by atoms with Crippen molar-refractivity contribution in [2.45, 2.75) is 20.0 Å². The maximum Gasteiger partial charge on any atom is 0.332 e. The van der Waals surface area contributed by atoms with Crippen LogP contribution in [0, 0.1) is 0 Å². The van der Waals surface area contributed by atoms with Crippen LogP contribution < -0.4 is 17.0 Å². The molecule has 0 bridgehead atoms. The number of carbonyl (C=O) groups is 1. The Labute approximate surface area is 131 Å². The zero-order chi connectivity index (χ0) is 16.3. The molecule has 2 rings (SSSR count). The van der Waals surface area contributed by atoms with Crippen molar-refractivity contribution in [1.29, 1.82) is 0 Å². The van der Waals surface area contributed by atoms with Crippen molar-refractivity contribution in [3.8, 4) is 0 Å². The maximum atomic E-state index is 12.4. The van der Waals surface area contributed by atoms with Gasteiger partial charge in [0.1, 0.15) is 11.4 Å². The zero-order valence-corrected chi connectivity index (χ0v) is 12.8. The van der Waals surface area contributed by atoms with E-state index in [-0.39, 0.29) is 30.4 Å². The number of nitrogen functional groups attached to an aromatic ring is 1. The van der Waals surface area contributed by atoms with E-state index in [1.807, 2.05) is 30.3 Å². The van der Waals surface area contributed by atoms with Gasteiger partial charge in [-0.25, -0.2) is 4.79 Å². The number of nitrogens with zero attached hydrogens (tertiary/aromatic N) is 2. The molecule has 2 aromatic rings. The van der Waals surface area contributed by atoms with E-state index >= 15 is 0 Å². The minimum absolute atomic E-state index is 0.144. The number of benzene rings is 1. The Kier molecular flexibility index (Phi) is 4.82. The van der Waals surface area contributed by atoms with Gasteiger partial charge in [0.15, 0.2) is 5.78 Å². The third-order valence-electron chi connectivity index (χ3n) is 3.37. The van der Waals surface area contributed by atoms with Crippen molar-refractivity contribution in [3.05, 3.63) is 62.3 Å². The number of halogens is 1. The molecule has 6 nitrogen and oxygen atoms in total. The van der Waals surface area contributed by atoms with Crippen LogP contribution in [0.2, 0.25) is 0 Å². The van der Waals surface area contributed by atoms with Crippen molar-refractivity contribution in [2.24, 2.45) is 0 Å². The highest BCUT2D eigenvalue weighted by Crippen LogP contribution is 2.10. The second-order valence-electron chi connectivity index (χ2n) is 4.72. The first kappa shape index (κ1) is 16.0. The molecule has 0 atom stereocenters. The minimum Gasteiger partial charge on any atom is -0.384 e. The Morgan fingerprint density at radius 2 is 1.82 bits per heavy atom. The number of aromatic nitrogens is 2. The fourth-order valence-corrected chi connectivity index (χ4v) is 2.38. The first-order valence-corrected chi connectivity index (χ1v) is 7.30. The van der Waals surface area contributed by atoms with Crippen molar-refractivity contribution in [1.82, 2.24) is 9.13 Å². The average molecular weight is 322 g/mol. The summed E-state index contributed by atoms with van der Waals surface area (Å²) in [5.74, 6) is -1.10. The highest BCUT2D eigenvalue weighted by molar-refractivity contribution is 6.31. The van der Waals surface area contributed by atoms with Gasteiger partial charge >= 0.3 is 5.69 Å². The fraction of sp³-hybridized carbons (Fsp3) is 0.267. The Balaban J connectivity index is 2.70. The van der Waals surface area contributed by atoms with E-state index in [4.69, 9.17) is 17.3 Å². The Bertz CT molecular complexity index is 809. The van der Waals surface area contributed by atoms with Gasteiger partial charge in [0.25, 0.3) is 5.56 Å². The Morgan fingerprint density at radius 1 is 1.18 bits per heavy atom. The normalized spacial score (nSPS) is 10.6. The number of Topliss-reactive ketones (excluding diaryl/α,β-unsaturated/α-hetero) is 1. The van der Waals surface area contributed by atoms with Gasteiger partial charge in [0.05, 0.1) is 12.4 Å². The summed E-state index contributed by atoms with van der Waals surface area (Å²) in [4.78, 5) is 36.5. The smallest absolute Gasteiger partial charge is 0.332 e. The zero-order valence-electron chi connectivity index (χ0n) is 12.1. The molecule has 2 N–H and O–H groups in total. The molecule has 0 unspecified atom stereocenters. The van der Waals surface area contributed by atoms with Crippen LogP contribution in [-0.2, 0) is 13.1 Å². The second-order valence-corrected chi connectivity index (χ2v) is 4.99. The summed E-state index contributed by atoms with van der Waals surface area (Å²) in [5, 5.41) is 0. The van der Waals surface area contributed by atoms with Crippen LogP contribution >= 0.6 is 11.6 Å². The molecule has 0 aliphatic heterocycles. The minimum atomic E-state index is -0.694. The maximum absolute atomic E-state index is 12.4. The molecule has 0 amide bonds. The lowest BCUT2D eigenvalue weighted by molar-refractivity contribution is 0.101.